The van der Waals surface area contributed by atoms with E-state index >= 15 is 0 Å². The van der Waals surface area contributed by atoms with Gasteiger partial charge in [0.2, 0.25) is 0 Å². The predicted molar refractivity (Wildman–Crippen MR) is 136 cm³/mol. The lowest BCUT2D eigenvalue weighted by molar-refractivity contribution is 0.366. The van der Waals surface area contributed by atoms with E-state index < -0.39 is 0 Å². The molecule has 1 atom stereocenters. The molecule has 0 aliphatic rings. The van der Waals surface area contributed by atoms with Crippen LogP contribution in [0.2, 0.25) is 0 Å². The first kappa shape index (κ1) is 29.0. The van der Waals surface area contributed by atoms with Crippen molar-refractivity contribution in [3.05, 3.63) is 6.92 Å². The van der Waals surface area contributed by atoms with Crippen molar-refractivity contribution in [1.29, 1.82) is 0 Å². The predicted octanol–water partition coefficient (Wildman–Crippen LogP) is 11.2. The van der Waals surface area contributed by atoms with Gasteiger partial charge >= 0.3 is 0 Å². The smallest absolute Gasteiger partial charge is 0.0414 e. The fourth-order valence-corrected chi connectivity index (χ4v) is 4.71. The van der Waals surface area contributed by atoms with E-state index in [2.05, 4.69) is 20.8 Å². The summed E-state index contributed by atoms with van der Waals surface area (Å²) in [4.78, 5) is 0. The van der Waals surface area contributed by atoms with E-state index in [1.165, 1.54) is 154 Å². The van der Waals surface area contributed by atoms with Crippen molar-refractivity contribution in [2.24, 2.45) is 5.92 Å². The quantitative estimate of drug-likeness (QED) is 0.132. The Balaban J connectivity index is 3.66. The first-order chi connectivity index (χ1) is 14.3. The molecule has 1 radical (unpaired) electrons. The average Bonchev–Trinajstić information content (AvgIpc) is 2.73. The van der Waals surface area contributed by atoms with Gasteiger partial charge in [-0.2, -0.15) is 0 Å². The average molecular weight is 408 g/mol. The van der Waals surface area contributed by atoms with Crippen LogP contribution in [0.25, 0.3) is 0 Å². The summed E-state index contributed by atoms with van der Waals surface area (Å²) in [5, 5.41) is 0. The van der Waals surface area contributed by atoms with Gasteiger partial charge in [0.1, 0.15) is 0 Å². The van der Waals surface area contributed by atoms with Crippen LogP contribution in [0.4, 0.5) is 0 Å². The second-order valence-electron chi connectivity index (χ2n) is 9.80. The van der Waals surface area contributed by atoms with Gasteiger partial charge in [-0.05, 0) is 5.92 Å². The zero-order valence-corrected chi connectivity index (χ0v) is 21.0. The Labute approximate surface area is 187 Å². The van der Waals surface area contributed by atoms with E-state index in [4.69, 9.17) is 0 Å². The topological polar surface area (TPSA) is 0 Å². The van der Waals surface area contributed by atoms with Crippen LogP contribution in [0.5, 0.6) is 0 Å². The summed E-state index contributed by atoms with van der Waals surface area (Å²) < 4.78 is 0. The lowest BCUT2D eigenvalue weighted by Crippen LogP contribution is -2.01. The maximum Gasteiger partial charge on any atom is -0.0414 e. The van der Waals surface area contributed by atoms with Crippen molar-refractivity contribution >= 4 is 0 Å². The first-order valence-electron chi connectivity index (χ1n) is 14.1. The normalized spacial score (nSPS) is 12.5. The zero-order chi connectivity index (χ0) is 21.3. The summed E-state index contributed by atoms with van der Waals surface area (Å²) in [7, 11) is 0. The van der Waals surface area contributed by atoms with Crippen molar-refractivity contribution in [2.75, 3.05) is 0 Å². The Bertz CT molecular complexity index is 269. The van der Waals surface area contributed by atoms with Crippen molar-refractivity contribution in [2.45, 2.75) is 174 Å². The largest absolute Gasteiger partial charge is 0.0654 e. The van der Waals surface area contributed by atoms with Gasteiger partial charge in [-0.25, -0.2) is 0 Å². The second kappa shape index (κ2) is 26.0. The molecule has 0 nitrogen and oxygen atoms in total. The molecule has 0 aromatic carbocycles. The lowest BCUT2D eigenvalue weighted by atomic mass is 9.89. The summed E-state index contributed by atoms with van der Waals surface area (Å²) in [6.45, 7) is 8.62. The highest BCUT2D eigenvalue weighted by Gasteiger charge is 2.08. The molecule has 29 heavy (non-hydrogen) atoms. The highest BCUT2D eigenvalue weighted by molar-refractivity contribution is 4.62. The van der Waals surface area contributed by atoms with Crippen molar-refractivity contribution in [3.63, 3.8) is 0 Å². The number of unbranched alkanes of at least 4 members (excludes halogenated alkanes) is 19. The SMILES string of the molecule is [CH2]CCCCCC(CCCCCCCCC)CCCCCCCCCCCCC. The van der Waals surface area contributed by atoms with E-state index in [-0.39, 0.29) is 0 Å². The monoisotopic (exact) mass is 407 g/mol. The number of hydrogen-bond donors (Lipinski definition) is 0. The maximum atomic E-state index is 4.00. The summed E-state index contributed by atoms with van der Waals surface area (Å²) in [6.07, 6.45) is 36.2. The number of rotatable bonds is 25. The molecule has 0 aliphatic carbocycles. The van der Waals surface area contributed by atoms with Crippen molar-refractivity contribution < 1.29 is 0 Å². The van der Waals surface area contributed by atoms with Gasteiger partial charge in [0, 0.05) is 0 Å². The van der Waals surface area contributed by atoms with Crippen molar-refractivity contribution in [1.82, 2.24) is 0 Å². The maximum absolute atomic E-state index is 4.00. The van der Waals surface area contributed by atoms with Gasteiger partial charge in [-0.15, -0.1) is 0 Å². The minimum Gasteiger partial charge on any atom is -0.0654 e. The summed E-state index contributed by atoms with van der Waals surface area (Å²) in [5.74, 6) is 1.02. The lowest BCUT2D eigenvalue weighted by Gasteiger charge is -2.17. The van der Waals surface area contributed by atoms with Gasteiger partial charge in [-0.3, -0.25) is 0 Å². The Morgan fingerprint density at radius 2 is 0.655 bits per heavy atom. The van der Waals surface area contributed by atoms with Gasteiger partial charge in [0.25, 0.3) is 0 Å². The van der Waals surface area contributed by atoms with E-state index in [0.717, 1.165) is 12.3 Å². The van der Waals surface area contributed by atoms with Crippen LogP contribution in [0.1, 0.15) is 174 Å². The van der Waals surface area contributed by atoms with Gasteiger partial charge in [0.05, 0.1) is 0 Å². The molecular formula is C29H59. The summed E-state index contributed by atoms with van der Waals surface area (Å²) >= 11 is 0. The molecule has 175 valence electrons. The molecule has 0 saturated heterocycles. The minimum atomic E-state index is 1.02. The Kier molecular flexibility index (Phi) is 26.0. The molecule has 0 fully saturated rings. The van der Waals surface area contributed by atoms with Crippen LogP contribution in [0.3, 0.4) is 0 Å². The molecule has 0 heteroatoms. The Morgan fingerprint density at radius 1 is 0.379 bits per heavy atom. The fraction of sp³-hybridized carbons (Fsp3) is 0.966. The first-order valence-corrected chi connectivity index (χ1v) is 14.1. The molecule has 0 spiro atoms. The standard InChI is InChI=1S/C29H59/c1-4-7-10-13-15-16-17-18-20-22-25-28-29(26-23-12-9-6-3)27-24-21-19-14-11-8-5-2/h29H,3-28H2,1-2H3. The Morgan fingerprint density at radius 3 is 0.966 bits per heavy atom. The highest BCUT2D eigenvalue weighted by atomic mass is 14.1. The van der Waals surface area contributed by atoms with Gasteiger partial charge < -0.3 is 0 Å². The summed E-state index contributed by atoms with van der Waals surface area (Å²) in [5.41, 5.74) is 0. The van der Waals surface area contributed by atoms with Crippen LogP contribution < -0.4 is 0 Å². The van der Waals surface area contributed by atoms with Gasteiger partial charge in [-0.1, -0.05) is 181 Å². The molecule has 0 aliphatic heterocycles. The fourth-order valence-electron chi connectivity index (χ4n) is 4.71. The third-order valence-electron chi connectivity index (χ3n) is 6.79. The van der Waals surface area contributed by atoms with Crippen LogP contribution in [-0.2, 0) is 0 Å². The second-order valence-corrected chi connectivity index (χ2v) is 9.80. The molecule has 1 unspecified atom stereocenters. The molecular weight excluding hydrogens is 348 g/mol. The molecule has 0 amide bonds. The van der Waals surface area contributed by atoms with Crippen LogP contribution in [0.15, 0.2) is 0 Å². The third kappa shape index (κ3) is 24.1. The molecule has 0 bridgehead atoms. The summed E-state index contributed by atoms with van der Waals surface area (Å²) in [6, 6.07) is 0. The third-order valence-corrected chi connectivity index (χ3v) is 6.79. The van der Waals surface area contributed by atoms with E-state index in [9.17, 15) is 0 Å². The molecule has 0 aromatic rings. The van der Waals surface area contributed by atoms with Crippen LogP contribution >= 0.6 is 0 Å². The van der Waals surface area contributed by atoms with E-state index in [0.29, 0.717) is 0 Å². The molecule has 0 saturated carbocycles. The van der Waals surface area contributed by atoms with E-state index in [1.807, 2.05) is 0 Å². The number of hydrogen-bond acceptors (Lipinski definition) is 0. The Hall–Kier alpha value is 0. The zero-order valence-electron chi connectivity index (χ0n) is 21.0. The highest BCUT2D eigenvalue weighted by Crippen LogP contribution is 2.24. The molecule has 0 heterocycles. The van der Waals surface area contributed by atoms with Crippen molar-refractivity contribution in [3.8, 4) is 0 Å². The minimum absolute atomic E-state index is 1.02. The molecule has 0 aromatic heterocycles. The van der Waals surface area contributed by atoms with Gasteiger partial charge in [0.15, 0.2) is 0 Å². The van der Waals surface area contributed by atoms with Crippen LogP contribution in [0, 0.1) is 12.8 Å². The van der Waals surface area contributed by atoms with E-state index in [1.54, 1.807) is 0 Å². The van der Waals surface area contributed by atoms with Crippen LogP contribution in [-0.4, -0.2) is 0 Å². The molecule has 0 N–H and O–H groups in total. The molecule has 0 rings (SSSR count).